The molecule has 0 radical (unpaired) electrons. The van der Waals surface area contributed by atoms with Gasteiger partial charge in [0, 0.05) is 15.9 Å². The van der Waals surface area contributed by atoms with Gasteiger partial charge in [0.1, 0.15) is 0 Å². The lowest BCUT2D eigenvalue weighted by molar-refractivity contribution is -0.119. The number of thioether (sulfide) groups is 1. The fourth-order valence-corrected chi connectivity index (χ4v) is 3.17. The molecule has 2 aromatic rings. The SMILES string of the molecule is CN(C)C[C@@H](NC(=O)CSc1ccc(Br)cc1)c1ccccc1. The summed E-state index contributed by atoms with van der Waals surface area (Å²) in [5.41, 5.74) is 1.13. The van der Waals surface area contributed by atoms with E-state index in [-0.39, 0.29) is 11.9 Å². The number of carbonyl (C=O) groups is 1. The molecule has 1 amide bonds. The Labute approximate surface area is 150 Å². The van der Waals surface area contributed by atoms with Gasteiger partial charge in [-0.15, -0.1) is 11.8 Å². The van der Waals surface area contributed by atoms with E-state index < -0.39 is 0 Å². The molecule has 0 unspecified atom stereocenters. The summed E-state index contributed by atoms with van der Waals surface area (Å²) < 4.78 is 1.04. The van der Waals surface area contributed by atoms with Crippen molar-refractivity contribution in [1.29, 1.82) is 0 Å². The predicted octanol–water partition coefficient (Wildman–Crippen LogP) is 3.96. The van der Waals surface area contributed by atoms with Crippen LogP contribution in [-0.2, 0) is 4.79 Å². The van der Waals surface area contributed by atoms with Crippen LogP contribution in [0.15, 0.2) is 64.0 Å². The van der Waals surface area contributed by atoms with E-state index in [0.717, 1.165) is 21.5 Å². The molecular weight excluding hydrogens is 372 g/mol. The lowest BCUT2D eigenvalue weighted by atomic mass is 10.1. The average molecular weight is 393 g/mol. The van der Waals surface area contributed by atoms with Gasteiger partial charge in [-0.3, -0.25) is 4.79 Å². The minimum absolute atomic E-state index is 0.00391. The molecule has 0 aliphatic carbocycles. The molecular formula is C18H21BrN2OS. The molecule has 0 fully saturated rings. The number of hydrogen-bond donors (Lipinski definition) is 1. The fourth-order valence-electron chi connectivity index (χ4n) is 2.20. The maximum Gasteiger partial charge on any atom is 0.230 e. The third-order valence-corrected chi connectivity index (χ3v) is 4.81. The zero-order valence-corrected chi connectivity index (χ0v) is 15.7. The van der Waals surface area contributed by atoms with E-state index in [9.17, 15) is 4.79 Å². The molecule has 0 spiro atoms. The van der Waals surface area contributed by atoms with Crippen molar-refractivity contribution < 1.29 is 4.79 Å². The van der Waals surface area contributed by atoms with Crippen molar-refractivity contribution in [3.05, 3.63) is 64.6 Å². The van der Waals surface area contributed by atoms with Crippen LogP contribution in [-0.4, -0.2) is 37.2 Å². The van der Waals surface area contributed by atoms with E-state index in [1.807, 2.05) is 56.6 Å². The van der Waals surface area contributed by atoms with E-state index in [2.05, 4.69) is 38.3 Å². The highest BCUT2D eigenvalue weighted by Gasteiger charge is 2.15. The van der Waals surface area contributed by atoms with Gasteiger partial charge < -0.3 is 10.2 Å². The van der Waals surface area contributed by atoms with Crippen LogP contribution >= 0.6 is 27.7 Å². The van der Waals surface area contributed by atoms with Gasteiger partial charge in [-0.1, -0.05) is 46.3 Å². The molecule has 23 heavy (non-hydrogen) atoms. The Morgan fingerprint density at radius 1 is 1.13 bits per heavy atom. The molecule has 0 saturated carbocycles. The van der Waals surface area contributed by atoms with Gasteiger partial charge in [0.25, 0.3) is 0 Å². The monoisotopic (exact) mass is 392 g/mol. The first-order valence-corrected chi connectivity index (χ1v) is 9.20. The Balaban J connectivity index is 1.93. The molecule has 0 bridgehead atoms. The van der Waals surface area contributed by atoms with Crippen LogP contribution in [0.3, 0.4) is 0 Å². The summed E-state index contributed by atoms with van der Waals surface area (Å²) in [5.74, 6) is 0.465. The summed E-state index contributed by atoms with van der Waals surface area (Å²) in [6.07, 6.45) is 0. The van der Waals surface area contributed by atoms with Crippen LogP contribution in [0.1, 0.15) is 11.6 Å². The van der Waals surface area contributed by atoms with Crippen LogP contribution in [0.25, 0.3) is 0 Å². The molecule has 5 heteroatoms. The van der Waals surface area contributed by atoms with Gasteiger partial charge in [0.15, 0.2) is 0 Å². The second-order valence-electron chi connectivity index (χ2n) is 5.54. The zero-order valence-electron chi connectivity index (χ0n) is 13.3. The number of halogens is 1. The standard InChI is InChI=1S/C18H21BrN2OS/c1-21(2)12-17(14-6-4-3-5-7-14)20-18(22)13-23-16-10-8-15(19)9-11-16/h3-11,17H,12-13H2,1-2H3,(H,20,22)/t17-/m1/s1. The van der Waals surface area contributed by atoms with Gasteiger partial charge in [-0.05, 0) is 43.9 Å². The van der Waals surface area contributed by atoms with Gasteiger partial charge in [-0.2, -0.15) is 0 Å². The molecule has 0 saturated heterocycles. The van der Waals surface area contributed by atoms with Crippen LogP contribution in [0.2, 0.25) is 0 Å². The summed E-state index contributed by atoms with van der Waals surface area (Å²) >= 11 is 4.96. The number of hydrogen-bond acceptors (Lipinski definition) is 3. The number of rotatable bonds is 7. The molecule has 1 atom stereocenters. The predicted molar refractivity (Wildman–Crippen MR) is 101 cm³/mol. The van der Waals surface area contributed by atoms with E-state index in [4.69, 9.17) is 0 Å². The van der Waals surface area contributed by atoms with Crippen LogP contribution in [0.5, 0.6) is 0 Å². The molecule has 0 aliphatic rings. The highest BCUT2D eigenvalue weighted by Crippen LogP contribution is 2.21. The first-order valence-electron chi connectivity index (χ1n) is 7.42. The third kappa shape index (κ3) is 6.37. The Hall–Kier alpha value is -1.30. The average Bonchev–Trinajstić information content (AvgIpc) is 2.54. The summed E-state index contributed by atoms with van der Waals surface area (Å²) in [6.45, 7) is 0.776. The second-order valence-corrected chi connectivity index (χ2v) is 7.50. The van der Waals surface area contributed by atoms with Crippen molar-refractivity contribution in [2.24, 2.45) is 0 Å². The number of benzene rings is 2. The van der Waals surface area contributed by atoms with E-state index >= 15 is 0 Å². The Morgan fingerprint density at radius 2 is 1.78 bits per heavy atom. The normalized spacial score (nSPS) is 12.2. The van der Waals surface area contributed by atoms with Gasteiger partial charge in [0.05, 0.1) is 11.8 Å². The van der Waals surface area contributed by atoms with E-state index in [0.29, 0.717) is 5.75 Å². The number of nitrogens with one attached hydrogen (secondary N) is 1. The zero-order chi connectivity index (χ0) is 16.7. The quantitative estimate of drug-likeness (QED) is 0.723. The van der Waals surface area contributed by atoms with Gasteiger partial charge in [0.2, 0.25) is 5.91 Å². The number of likely N-dealkylation sites (N-methyl/N-ethyl adjacent to an activating group) is 1. The Bertz CT molecular complexity index is 617. The van der Waals surface area contributed by atoms with E-state index in [1.165, 1.54) is 0 Å². The Kier molecular flexibility index (Phi) is 7.15. The van der Waals surface area contributed by atoms with Crippen molar-refractivity contribution in [3.8, 4) is 0 Å². The smallest absolute Gasteiger partial charge is 0.230 e. The lowest BCUT2D eigenvalue weighted by Gasteiger charge is -2.22. The summed E-state index contributed by atoms with van der Waals surface area (Å²) in [7, 11) is 4.03. The summed E-state index contributed by atoms with van der Waals surface area (Å²) in [4.78, 5) is 15.5. The maximum atomic E-state index is 12.3. The van der Waals surface area contributed by atoms with Gasteiger partial charge >= 0.3 is 0 Å². The highest BCUT2D eigenvalue weighted by atomic mass is 79.9. The Morgan fingerprint density at radius 3 is 2.39 bits per heavy atom. The number of amides is 1. The van der Waals surface area contributed by atoms with Crippen molar-refractivity contribution in [2.45, 2.75) is 10.9 Å². The fraction of sp³-hybridized carbons (Fsp3) is 0.278. The molecule has 2 aromatic carbocycles. The molecule has 122 valence electrons. The molecule has 0 aromatic heterocycles. The second kappa shape index (κ2) is 9.11. The van der Waals surface area contributed by atoms with Crippen molar-refractivity contribution in [1.82, 2.24) is 10.2 Å². The molecule has 2 rings (SSSR count). The van der Waals surface area contributed by atoms with Gasteiger partial charge in [-0.25, -0.2) is 0 Å². The summed E-state index contributed by atoms with van der Waals surface area (Å²) in [5, 5.41) is 3.14. The molecule has 0 heterocycles. The lowest BCUT2D eigenvalue weighted by Crippen LogP contribution is -2.36. The summed E-state index contributed by atoms with van der Waals surface area (Å²) in [6, 6.07) is 18.1. The van der Waals surface area contributed by atoms with Crippen molar-refractivity contribution in [2.75, 3.05) is 26.4 Å². The maximum absolute atomic E-state index is 12.3. The minimum Gasteiger partial charge on any atom is -0.347 e. The number of carbonyl (C=O) groups excluding carboxylic acids is 1. The van der Waals surface area contributed by atoms with Crippen LogP contribution in [0.4, 0.5) is 0 Å². The van der Waals surface area contributed by atoms with Crippen molar-refractivity contribution >= 4 is 33.6 Å². The first-order chi connectivity index (χ1) is 11.0. The third-order valence-electron chi connectivity index (χ3n) is 3.27. The van der Waals surface area contributed by atoms with Crippen LogP contribution < -0.4 is 5.32 Å². The first kappa shape index (κ1) is 18.0. The highest BCUT2D eigenvalue weighted by molar-refractivity contribution is 9.10. The molecule has 0 aliphatic heterocycles. The topological polar surface area (TPSA) is 32.3 Å². The van der Waals surface area contributed by atoms with Crippen molar-refractivity contribution in [3.63, 3.8) is 0 Å². The molecule has 1 N–H and O–H groups in total. The van der Waals surface area contributed by atoms with Crippen LogP contribution in [0, 0.1) is 0 Å². The van der Waals surface area contributed by atoms with E-state index in [1.54, 1.807) is 11.8 Å². The molecule has 3 nitrogen and oxygen atoms in total. The largest absolute Gasteiger partial charge is 0.347 e. The minimum atomic E-state index is 0.00391. The number of nitrogens with zero attached hydrogens (tertiary/aromatic N) is 1.